The maximum atomic E-state index is 11.8. The number of hydrogen-bond acceptors (Lipinski definition) is 4. The highest BCUT2D eigenvalue weighted by molar-refractivity contribution is 5.86. The summed E-state index contributed by atoms with van der Waals surface area (Å²) in [6.45, 7) is 2.25. The predicted molar refractivity (Wildman–Crippen MR) is 67.2 cm³/mol. The monoisotopic (exact) mass is 271 g/mol. The average Bonchev–Trinajstić information content (AvgIpc) is 2.70. The molecule has 0 spiro atoms. The second-order valence-corrected chi connectivity index (χ2v) is 4.95. The van der Waals surface area contributed by atoms with Crippen molar-refractivity contribution in [1.82, 2.24) is 16.1 Å². The van der Waals surface area contributed by atoms with Gasteiger partial charge < -0.3 is 10.6 Å². The van der Waals surface area contributed by atoms with Gasteiger partial charge in [-0.2, -0.15) is 0 Å². The Morgan fingerprint density at radius 2 is 2.11 bits per heavy atom. The Labute approximate surface area is 112 Å². The minimum atomic E-state index is -0.923. The smallest absolute Gasteiger partial charge is 0.245 e. The van der Waals surface area contributed by atoms with Gasteiger partial charge in [0.15, 0.2) is 0 Å². The van der Waals surface area contributed by atoms with E-state index in [9.17, 15) is 14.4 Å². The third-order valence-electron chi connectivity index (χ3n) is 3.16. The van der Waals surface area contributed by atoms with Crippen molar-refractivity contribution < 1.29 is 19.6 Å². The second-order valence-electron chi connectivity index (χ2n) is 4.95. The van der Waals surface area contributed by atoms with Crippen molar-refractivity contribution >= 4 is 17.7 Å². The van der Waals surface area contributed by atoms with Crippen LogP contribution in [-0.2, 0) is 14.4 Å². The van der Waals surface area contributed by atoms with Crippen molar-refractivity contribution in [3.05, 3.63) is 0 Å². The molecule has 0 bridgehead atoms. The van der Waals surface area contributed by atoms with E-state index in [1.165, 1.54) is 5.48 Å². The topological polar surface area (TPSA) is 108 Å². The lowest BCUT2D eigenvalue weighted by Crippen LogP contribution is -2.52. The summed E-state index contributed by atoms with van der Waals surface area (Å²) in [4.78, 5) is 34.4. The van der Waals surface area contributed by atoms with E-state index in [0.717, 1.165) is 19.3 Å². The van der Waals surface area contributed by atoms with E-state index in [4.69, 9.17) is 5.21 Å². The van der Waals surface area contributed by atoms with Crippen molar-refractivity contribution in [3.8, 4) is 0 Å². The van der Waals surface area contributed by atoms with Crippen LogP contribution < -0.4 is 16.1 Å². The summed E-state index contributed by atoms with van der Waals surface area (Å²) >= 11 is 0. The van der Waals surface area contributed by atoms with Crippen LogP contribution in [-0.4, -0.2) is 35.0 Å². The summed E-state index contributed by atoms with van der Waals surface area (Å²) in [5, 5.41) is 13.9. The van der Waals surface area contributed by atoms with E-state index in [1.807, 2.05) is 6.92 Å². The van der Waals surface area contributed by atoms with Crippen molar-refractivity contribution in [3.63, 3.8) is 0 Å². The quantitative estimate of drug-likeness (QED) is 0.293. The minimum absolute atomic E-state index is 0.0555. The van der Waals surface area contributed by atoms with Crippen LogP contribution in [0.4, 0.5) is 0 Å². The van der Waals surface area contributed by atoms with Gasteiger partial charge in [0.05, 0.1) is 18.4 Å². The molecule has 4 N–H and O–H groups in total. The number of carbonyl (C=O) groups excluding carboxylic acids is 3. The normalized spacial score (nSPS) is 21.9. The highest BCUT2D eigenvalue weighted by Gasteiger charge is 2.41. The molecule has 1 unspecified atom stereocenters. The summed E-state index contributed by atoms with van der Waals surface area (Å²) in [5.74, 6) is -0.999. The Morgan fingerprint density at radius 1 is 1.37 bits per heavy atom. The maximum Gasteiger partial charge on any atom is 0.245 e. The molecule has 1 atom stereocenters. The predicted octanol–water partition coefficient (Wildman–Crippen LogP) is -0.163. The molecule has 1 aliphatic rings. The van der Waals surface area contributed by atoms with Crippen molar-refractivity contribution in [2.45, 2.75) is 51.0 Å². The van der Waals surface area contributed by atoms with Crippen LogP contribution in [0.15, 0.2) is 0 Å². The molecule has 0 aromatic rings. The number of hydrogen-bond donors (Lipinski definition) is 4. The summed E-state index contributed by atoms with van der Waals surface area (Å²) in [5.41, 5.74) is 0.604. The van der Waals surface area contributed by atoms with Gasteiger partial charge in [0.1, 0.15) is 0 Å². The van der Waals surface area contributed by atoms with E-state index in [-0.39, 0.29) is 31.2 Å². The molecule has 0 saturated carbocycles. The van der Waals surface area contributed by atoms with Crippen LogP contribution >= 0.6 is 0 Å². The van der Waals surface area contributed by atoms with E-state index in [0.29, 0.717) is 6.42 Å². The zero-order valence-corrected chi connectivity index (χ0v) is 11.1. The minimum Gasteiger partial charge on any atom is -0.354 e. The van der Waals surface area contributed by atoms with Gasteiger partial charge in [0.2, 0.25) is 17.7 Å². The first kappa shape index (κ1) is 15.4. The number of hydroxylamine groups is 1. The Morgan fingerprint density at radius 3 is 2.63 bits per heavy atom. The number of carbonyl (C=O) groups is 3. The van der Waals surface area contributed by atoms with Gasteiger partial charge in [0.25, 0.3) is 0 Å². The van der Waals surface area contributed by atoms with Crippen molar-refractivity contribution in [2.24, 2.45) is 0 Å². The molecule has 1 heterocycles. The summed E-state index contributed by atoms with van der Waals surface area (Å²) in [6.07, 6.45) is 3.08. The Bertz CT molecular complexity index is 359. The van der Waals surface area contributed by atoms with Crippen LogP contribution in [0, 0.1) is 0 Å². The third kappa shape index (κ3) is 4.86. The van der Waals surface area contributed by atoms with Crippen LogP contribution in [0.25, 0.3) is 0 Å². The molecule has 1 rings (SSSR count). The lowest BCUT2D eigenvalue weighted by Gasteiger charge is -2.27. The largest absolute Gasteiger partial charge is 0.354 e. The SMILES string of the molecule is CCCCCC(=O)NC1(CC(=O)NO)CNC(=O)C1. The Balaban J connectivity index is 2.57. The molecule has 19 heavy (non-hydrogen) atoms. The molecule has 1 fully saturated rings. The molecule has 7 heteroatoms. The maximum absolute atomic E-state index is 11.8. The first-order chi connectivity index (χ1) is 9.01. The Kier molecular flexibility index (Phi) is 5.75. The van der Waals surface area contributed by atoms with Crippen molar-refractivity contribution in [2.75, 3.05) is 6.54 Å². The van der Waals surface area contributed by atoms with Gasteiger partial charge in [-0.15, -0.1) is 0 Å². The van der Waals surface area contributed by atoms with E-state index in [2.05, 4.69) is 10.6 Å². The fraction of sp³-hybridized carbons (Fsp3) is 0.750. The molecule has 1 saturated heterocycles. The zero-order valence-electron chi connectivity index (χ0n) is 11.1. The average molecular weight is 271 g/mol. The molecule has 7 nitrogen and oxygen atoms in total. The van der Waals surface area contributed by atoms with Gasteiger partial charge in [-0.25, -0.2) is 5.48 Å². The Hall–Kier alpha value is -1.63. The van der Waals surface area contributed by atoms with Crippen molar-refractivity contribution in [1.29, 1.82) is 0 Å². The molecule has 0 aromatic carbocycles. The summed E-state index contributed by atoms with van der Waals surface area (Å²) in [6, 6.07) is 0. The molecule has 108 valence electrons. The van der Waals surface area contributed by atoms with E-state index >= 15 is 0 Å². The van der Waals surface area contributed by atoms with Crippen LogP contribution in [0.3, 0.4) is 0 Å². The van der Waals surface area contributed by atoms with Gasteiger partial charge in [0, 0.05) is 13.0 Å². The number of nitrogens with one attached hydrogen (secondary N) is 3. The van der Waals surface area contributed by atoms with E-state index in [1.54, 1.807) is 0 Å². The fourth-order valence-electron chi connectivity index (χ4n) is 2.20. The molecule has 0 aromatic heterocycles. The third-order valence-corrected chi connectivity index (χ3v) is 3.16. The van der Waals surface area contributed by atoms with Crippen LogP contribution in [0.2, 0.25) is 0 Å². The highest BCUT2D eigenvalue weighted by Crippen LogP contribution is 2.20. The number of unbranched alkanes of at least 4 members (excludes halogenated alkanes) is 2. The first-order valence-corrected chi connectivity index (χ1v) is 6.52. The standard InChI is InChI=1S/C12H21N3O4/c1-2-3-4-5-9(16)14-12(7-11(18)15-19)6-10(17)13-8-12/h19H,2-8H2,1H3,(H,13,17)(H,14,16)(H,15,18). The summed E-state index contributed by atoms with van der Waals surface area (Å²) in [7, 11) is 0. The molecular formula is C12H21N3O4. The lowest BCUT2D eigenvalue weighted by molar-refractivity contribution is -0.131. The number of amides is 3. The van der Waals surface area contributed by atoms with Gasteiger partial charge in [-0.05, 0) is 6.42 Å². The second kappa shape index (κ2) is 7.08. The highest BCUT2D eigenvalue weighted by atomic mass is 16.5. The van der Waals surface area contributed by atoms with Crippen LogP contribution in [0.1, 0.15) is 45.4 Å². The zero-order chi connectivity index (χ0) is 14.3. The fourth-order valence-corrected chi connectivity index (χ4v) is 2.20. The molecule has 0 radical (unpaired) electrons. The lowest BCUT2D eigenvalue weighted by atomic mass is 9.93. The molecule has 0 aliphatic carbocycles. The van der Waals surface area contributed by atoms with E-state index < -0.39 is 11.4 Å². The van der Waals surface area contributed by atoms with Gasteiger partial charge >= 0.3 is 0 Å². The molecule has 1 aliphatic heterocycles. The molecule has 3 amide bonds. The number of rotatable bonds is 7. The summed E-state index contributed by atoms with van der Waals surface area (Å²) < 4.78 is 0. The van der Waals surface area contributed by atoms with Crippen LogP contribution in [0.5, 0.6) is 0 Å². The molecular weight excluding hydrogens is 250 g/mol. The van der Waals surface area contributed by atoms with Gasteiger partial charge in [-0.3, -0.25) is 19.6 Å². The first-order valence-electron chi connectivity index (χ1n) is 6.52. The van der Waals surface area contributed by atoms with Gasteiger partial charge in [-0.1, -0.05) is 19.8 Å².